The zero-order valence-corrected chi connectivity index (χ0v) is 51.3. The number of rotatable bonds is 58. The lowest BCUT2D eigenvalue weighted by molar-refractivity contribution is -0.167. The average molecular weight is 1090 g/mol. The second kappa shape index (κ2) is 66.1. The maximum Gasteiger partial charge on any atom is 0.306 e. The first kappa shape index (κ1) is 74.5. The number of esters is 3. The molecule has 0 aromatic heterocycles. The molecule has 6 nitrogen and oxygen atoms in total. The molecule has 0 aliphatic heterocycles. The highest BCUT2D eigenvalue weighted by Crippen LogP contribution is 2.16. The van der Waals surface area contributed by atoms with Crippen molar-refractivity contribution in [3.63, 3.8) is 0 Å². The number of allylic oxidation sites excluding steroid dienone is 22. The lowest BCUT2D eigenvalue weighted by Gasteiger charge is -2.18. The van der Waals surface area contributed by atoms with Crippen LogP contribution in [0, 0.1) is 0 Å². The SMILES string of the molecule is CC/C=C\C/C=C\C/C=C\C/C=C\C/C=C\CCCCCCCCCCCC(=O)OCC(COC(=O)CCCCCCC/C=C\CCCC)OC(=O)CCCCCCCCCCC/C=C\C/C=C\C/C=C\C/C=C\C/C=C\CC. The van der Waals surface area contributed by atoms with Crippen molar-refractivity contribution in [3.8, 4) is 0 Å². The van der Waals surface area contributed by atoms with Crippen molar-refractivity contribution >= 4 is 17.9 Å². The summed E-state index contributed by atoms with van der Waals surface area (Å²) in [6, 6.07) is 0. The van der Waals surface area contributed by atoms with E-state index in [2.05, 4.69) is 154 Å². The van der Waals surface area contributed by atoms with Crippen molar-refractivity contribution in [2.75, 3.05) is 13.2 Å². The monoisotopic (exact) mass is 1090 g/mol. The fourth-order valence-electron chi connectivity index (χ4n) is 8.77. The normalized spacial score (nSPS) is 13.0. The molecule has 0 aliphatic rings. The van der Waals surface area contributed by atoms with E-state index in [1.807, 2.05) is 0 Å². The van der Waals surface area contributed by atoms with Crippen LogP contribution in [-0.4, -0.2) is 37.2 Å². The molecule has 0 saturated heterocycles. The highest BCUT2D eigenvalue weighted by Gasteiger charge is 2.19. The van der Waals surface area contributed by atoms with Crippen LogP contribution in [0.2, 0.25) is 0 Å². The third-order valence-electron chi connectivity index (χ3n) is 13.6. The van der Waals surface area contributed by atoms with Crippen molar-refractivity contribution in [3.05, 3.63) is 134 Å². The number of carbonyl (C=O) groups excluding carboxylic acids is 3. The second-order valence-corrected chi connectivity index (χ2v) is 21.3. The molecule has 0 spiro atoms. The van der Waals surface area contributed by atoms with E-state index >= 15 is 0 Å². The Labute approximate surface area is 487 Å². The molecule has 0 fully saturated rings. The quantitative estimate of drug-likeness (QED) is 0.0261. The molecule has 0 amide bonds. The third-order valence-corrected chi connectivity index (χ3v) is 13.6. The zero-order chi connectivity index (χ0) is 57.1. The summed E-state index contributed by atoms with van der Waals surface area (Å²) < 4.78 is 16.9. The largest absolute Gasteiger partial charge is 0.462 e. The second-order valence-electron chi connectivity index (χ2n) is 21.3. The fraction of sp³-hybridized carbons (Fsp3) is 0.658. The minimum Gasteiger partial charge on any atom is -0.462 e. The first-order valence-electron chi connectivity index (χ1n) is 32.7. The van der Waals surface area contributed by atoms with Crippen LogP contribution in [-0.2, 0) is 28.6 Å². The fourth-order valence-corrected chi connectivity index (χ4v) is 8.77. The van der Waals surface area contributed by atoms with Crippen LogP contribution in [0.1, 0.15) is 290 Å². The topological polar surface area (TPSA) is 78.9 Å². The molecule has 0 aliphatic carbocycles. The summed E-state index contributed by atoms with van der Waals surface area (Å²) in [6.07, 6.45) is 93.2. The van der Waals surface area contributed by atoms with Gasteiger partial charge in [-0.3, -0.25) is 14.4 Å². The van der Waals surface area contributed by atoms with Crippen LogP contribution in [0.25, 0.3) is 0 Å². The summed E-state index contributed by atoms with van der Waals surface area (Å²) in [7, 11) is 0. The van der Waals surface area contributed by atoms with Gasteiger partial charge in [0.2, 0.25) is 0 Å². The first-order chi connectivity index (χ1) is 39.0. The van der Waals surface area contributed by atoms with Crippen molar-refractivity contribution < 1.29 is 28.6 Å². The van der Waals surface area contributed by atoms with Crippen molar-refractivity contribution in [2.45, 2.75) is 297 Å². The van der Waals surface area contributed by atoms with E-state index < -0.39 is 6.10 Å². The average Bonchev–Trinajstić information content (AvgIpc) is 3.45. The first-order valence-corrected chi connectivity index (χ1v) is 32.7. The Hall–Kier alpha value is -4.45. The van der Waals surface area contributed by atoms with Crippen LogP contribution in [0.3, 0.4) is 0 Å². The molecular formula is C73H120O6. The molecule has 0 aromatic rings. The molecule has 0 rings (SSSR count). The molecule has 448 valence electrons. The highest BCUT2D eigenvalue weighted by molar-refractivity contribution is 5.71. The van der Waals surface area contributed by atoms with E-state index in [0.717, 1.165) is 148 Å². The van der Waals surface area contributed by atoms with E-state index in [0.29, 0.717) is 19.3 Å². The molecule has 79 heavy (non-hydrogen) atoms. The number of ether oxygens (including phenoxy) is 3. The molecule has 0 N–H and O–H groups in total. The van der Waals surface area contributed by atoms with Crippen molar-refractivity contribution in [1.82, 2.24) is 0 Å². The van der Waals surface area contributed by atoms with Crippen molar-refractivity contribution in [2.24, 2.45) is 0 Å². The van der Waals surface area contributed by atoms with E-state index in [-0.39, 0.29) is 31.1 Å². The van der Waals surface area contributed by atoms with E-state index in [4.69, 9.17) is 14.2 Å². The Morgan fingerprint density at radius 1 is 0.266 bits per heavy atom. The third kappa shape index (κ3) is 64.3. The minimum atomic E-state index is -0.793. The lowest BCUT2D eigenvalue weighted by atomic mass is 10.1. The van der Waals surface area contributed by atoms with Gasteiger partial charge in [-0.1, -0.05) is 276 Å². The summed E-state index contributed by atoms with van der Waals surface area (Å²) in [6.45, 7) is 6.37. The van der Waals surface area contributed by atoms with Gasteiger partial charge in [0.05, 0.1) is 0 Å². The standard InChI is InChI=1S/C73H120O6/c1-4-7-10-13-16-19-22-24-26-28-30-32-34-36-38-40-42-44-46-48-51-54-57-60-63-66-72(75)78-69-70(68-77-71(74)65-62-59-56-53-50-21-18-15-12-9-6-3)79-73(76)67-64-61-58-55-52-49-47-45-43-41-39-37-35-33-31-29-27-25-23-20-17-14-11-8-5-2/h7-8,10-11,15-20,24-27,30-33,36-39,70H,4-6,9,12-14,21-23,28-29,34-35,40-69H2,1-3H3/b10-7-,11-8-,18-15-,19-16-,20-17-,26-24-,27-25-,32-30-,33-31-,38-36-,39-37-. The molecular weight excluding hydrogens is 973 g/mol. The molecule has 0 radical (unpaired) electrons. The molecule has 0 heterocycles. The maximum absolute atomic E-state index is 12.9. The number of hydrogen-bond acceptors (Lipinski definition) is 6. The summed E-state index contributed by atoms with van der Waals surface area (Å²) in [4.78, 5) is 38.3. The van der Waals surface area contributed by atoms with Gasteiger partial charge in [0, 0.05) is 19.3 Å². The van der Waals surface area contributed by atoms with Gasteiger partial charge in [-0.15, -0.1) is 0 Å². The number of carbonyl (C=O) groups is 3. The molecule has 1 unspecified atom stereocenters. The van der Waals surface area contributed by atoms with Gasteiger partial charge < -0.3 is 14.2 Å². The molecule has 1 atom stereocenters. The highest BCUT2D eigenvalue weighted by atomic mass is 16.6. The lowest BCUT2D eigenvalue weighted by Crippen LogP contribution is -2.30. The molecule has 0 bridgehead atoms. The van der Waals surface area contributed by atoms with Gasteiger partial charge in [-0.05, 0) is 128 Å². The van der Waals surface area contributed by atoms with Crippen LogP contribution < -0.4 is 0 Å². The van der Waals surface area contributed by atoms with E-state index in [1.165, 1.54) is 103 Å². The zero-order valence-electron chi connectivity index (χ0n) is 51.3. The van der Waals surface area contributed by atoms with Crippen LogP contribution in [0.4, 0.5) is 0 Å². The molecule has 0 saturated carbocycles. The Morgan fingerprint density at radius 2 is 0.494 bits per heavy atom. The van der Waals surface area contributed by atoms with Gasteiger partial charge >= 0.3 is 17.9 Å². The number of unbranched alkanes of at least 4 members (excludes halogenated alkanes) is 25. The van der Waals surface area contributed by atoms with Gasteiger partial charge in [-0.2, -0.15) is 0 Å². The maximum atomic E-state index is 12.9. The predicted octanol–water partition coefficient (Wildman–Crippen LogP) is 22.5. The minimum absolute atomic E-state index is 0.0891. The summed E-state index contributed by atoms with van der Waals surface area (Å²) in [5.41, 5.74) is 0. The van der Waals surface area contributed by atoms with Crippen LogP contribution in [0.15, 0.2) is 134 Å². The van der Waals surface area contributed by atoms with Gasteiger partial charge in [0.15, 0.2) is 6.10 Å². The Balaban J connectivity index is 4.32. The van der Waals surface area contributed by atoms with Gasteiger partial charge in [0.25, 0.3) is 0 Å². The van der Waals surface area contributed by atoms with E-state index in [1.54, 1.807) is 0 Å². The van der Waals surface area contributed by atoms with Crippen molar-refractivity contribution in [1.29, 1.82) is 0 Å². The summed E-state index contributed by atoms with van der Waals surface area (Å²) in [5.74, 6) is -0.908. The van der Waals surface area contributed by atoms with Gasteiger partial charge in [0.1, 0.15) is 13.2 Å². The van der Waals surface area contributed by atoms with E-state index in [9.17, 15) is 14.4 Å². The predicted molar refractivity (Wildman–Crippen MR) is 343 cm³/mol. The molecule has 6 heteroatoms. The Morgan fingerprint density at radius 3 is 0.785 bits per heavy atom. The Kier molecular flexibility index (Phi) is 62.3. The molecule has 0 aromatic carbocycles. The van der Waals surface area contributed by atoms with Crippen LogP contribution >= 0.6 is 0 Å². The number of hydrogen-bond donors (Lipinski definition) is 0. The van der Waals surface area contributed by atoms with Gasteiger partial charge in [-0.25, -0.2) is 0 Å². The Bertz CT molecular complexity index is 1680. The smallest absolute Gasteiger partial charge is 0.306 e. The van der Waals surface area contributed by atoms with Crippen LogP contribution in [0.5, 0.6) is 0 Å². The summed E-state index contributed by atoms with van der Waals surface area (Å²) >= 11 is 0. The summed E-state index contributed by atoms with van der Waals surface area (Å²) in [5, 5.41) is 0.